The maximum absolute atomic E-state index is 6.10. The van der Waals surface area contributed by atoms with Crippen LogP contribution in [0, 0.1) is 13.8 Å². The summed E-state index contributed by atoms with van der Waals surface area (Å²) in [6.07, 6.45) is 1.67. The molecular formula is C10H8BrCl2N3. The minimum atomic E-state index is 0.525. The van der Waals surface area contributed by atoms with Crippen LogP contribution >= 0.6 is 39.1 Å². The quantitative estimate of drug-likeness (QED) is 0.796. The topological polar surface area (TPSA) is 30.7 Å². The predicted octanol–water partition coefficient (Wildman–Crippen LogP) is 3.95. The SMILES string of the molecule is Cc1nn(-c2ncc(Br)cc2Cl)c(C)c1Cl. The highest BCUT2D eigenvalue weighted by Gasteiger charge is 2.14. The zero-order chi connectivity index (χ0) is 11.9. The van der Waals surface area contributed by atoms with Crippen LogP contribution in [0.2, 0.25) is 10.0 Å². The van der Waals surface area contributed by atoms with Crippen molar-refractivity contribution in [1.82, 2.24) is 14.8 Å². The molecule has 0 N–H and O–H groups in total. The summed E-state index contributed by atoms with van der Waals surface area (Å²) < 4.78 is 2.47. The van der Waals surface area contributed by atoms with E-state index < -0.39 is 0 Å². The fourth-order valence-corrected chi connectivity index (χ4v) is 2.22. The van der Waals surface area contributed by atoms with Gasteiger partial charge in [0, 0.05) is 10.7 Å². The third-order valence-electron chi connectivity index (χ3n) is 2.19. The van der Waals surface area contributed by atoms with Crippen LogP contribution in [0.15, 0.2) is 16.7 Å². The number of hydrogen-bond acceptors (Lipinski definition) is 2. The Bertz CT molecular complexity index is 551. The molecule has 0 aliphatic rings. The van der Waals surface area contributed by atoms with Gasteiger partial charge in [0.15, 0.2) is 5.82 Å². The van der Waals surface area contributed by atoms with Gasteiger partial charge in [-0.25, -0.2) is 9.67 Å². The van der Waals surface area contributed by atoms with Gasteiger partial charge in [-0.05, 0) is 35.8 Å². The van der Waals surface area contributed by atoms with Gasteiger partial charge in [-0.15, -0.1) is 0 Å². The largest absolute Gasteiger partial charge is 0.235 e. The van der Waals surface area contributed by atoms with Crippen molar-refractivity contribution in [2.75, 3.05) is 0 Å². The van der Waals surface area contributed by atoms with Crippen LogP contribution in [0.4, 0.5) is 0 Å². The fraction of sp³-hybridized carbons (Fsp3) is 0.200. The Hall–Kier alpha value is -0.580. The molecule has 0 bridgehead atoms. The lowest BCUT2D eigenvalue weighted by molar-refractivity contribution is 0.806. The molecule has 0 atom stereocenters. The standard InChI is InChI=1S/C10H8BrCl2N3/c1-5-9(13)6(2)16(15-5)10-8(12)3-7(11)4-14-10/h3-4H,1-2H3. The first kappa shape index (κ1) is 11.9. The van der Waals surface area contributed by atoms with E-state index in [-0.39, 0.29) is 0 Å². The van der Waals surface area contributed by atoms with Gasteiger partial charge in [0.1, 0.15) is 0 Å². The molecule has 0 amide bonds. The van der Waals surface area contributed by atoms with Gasteiger partial charge < -0.3 is 0 Å². The molecule has 0 saturated carbocycles. The Morgan fingerprint density at radius 1 is 1.31 bits per heavy atom. The molecule has 0 radical (unpaired) electrons. The normalized spacial score (nSPS) is 10.8. The maximum atomic E-state index is 6.10. The average Bonchev–Trinajstić information content (AvgIpc) is 2.46. The second-order valence-corrected chi connectivity index (χ2v) is 5.06. The molecule has 0 aliphatic heterocycles. The summed E-state index contributed by atoms with van der Waals surface area (Å²) in [6.45, 7) is 3.72. The number of halogens is 3. The van der Waals surface area contributed by atoms with Gasteiger partial charge in [-0.1, -0.05) is 23.2 Å². The summed E-state index contributed by atoms with van der Waals surface area (Å²) in [4.78, 5) is 4.23. The van der Waals surface area contributed by atoms with E-state index in [0.717, 1.165) is 15.9 Å². The Morgan fingerprint density at radius 3 is 2.50 bits per heavy atom. The van der Waals surface area contributed by atoms with Crippen LogP contribution in [0.5, 0.6) is 0 Å². The second-order valence-electron chi connectivity index (χ2n) is 3.36. The van der Waals surface area contributed by atoms with E-state index in [9.17, 15) is 0 Å². The van der Waals surface area contributed by atoms with E-state index >= 15 is 0 Å². The number of nitrogens with zero attached hydrogens (tertiary/aromatic N) is 3. The van der Waals surface area contributed by atoms with Crippen molar-refractivity contribution in [1.29, 1.82) is 0 Å². The van der Waals surface area contributed by atoms with Gasteiger partial charge in [0.25, 0.3) is 0 Å². The highest BCUT2D eigenvalue weighted by Crippen LogP contribution is 2.26. The monoisotopic (exact) mass is 319 g/mol. The van der Waals surface area contributed by atoms with Crippen LogP contribution in [0.25, 0.3) is 5.82 Å². The molecule has 16 heavy (non-hydrogen) atoms. The van der Waals surface area contributed by atoms with Gasteiger partial charge in [0.2, 0.25) is 0 Å². The zero-order valence-electron chi connectivity index (χ0n) is 8.63. The van der Waals surface area contributed by atoms with E-state index in [1.54, 1.807) is 16.9 Å². The van der Waals surface area contributed by atoms with Crippen LogP contribution in [0.3, 0.4) is 0 Å². The van der Waals surface area contributed by atoms with Gasteiger partial charge >= 0.3 is 0 Å². The number of hydrogen-bond donors (Lipinski definition) is 0. The molecule has 3 nitrogen and oxygen atoms in total. The summed E-state index contributed by atoms with van der Waals surface area (Å²) in [6, 6.07) is 1.77. The highest BCUT2D eigenvalue weighted by molar-refractivity contribution is 9.10. The van der Waals surface area contributed by atoms with Crippen LogP contribution in [-0.2, 0) is 0 Å². The number of rotatable bonds is 1. The number of aryl methyl sites for hydroxylation is 1. The lowest BCUT2D eigenvalue weighted by Gasteiger charge is -2.05. The third kappa shape index (κ3) is 1.97. The Kier molecular flexibility index (Phi) is 3.24. The van der Waals surface area contributed by atoms with Crippen molar-refractivity contribution in [2.24, 2.45) is 0 Å². The number of aromatic nitrogens is 3. The molecule has 6 heteroatoms. The van der Waals surface area contributed by atoms with E-state index in [1.165, 1.54) is 0 Å². The van der Waals surface area contributed by atoms with Crippen molar-refractivity contribution in [3.05, 3.63) is 38.2 Å². The summed E-state index contributed by atoms with van der Waals surface area (Å²) in [5.41, 5.74) is 1.59. The Morgan fingerprint density at radius 2 is 2.00 bits per heavy atom. The first-order chi connectivity index (χ1) is 7.50. The van der Waals surface area contributed by atoms with E-state index in [1.807, 2.05) is 13.8 Å². The molecule has 0 aromatic carbocycles. The molecule has 2 rings (SSSR count). The van der Waals surface area contributed by atoms with Crippen molar-refractivity contribution in [3.63, 3.8) is 0 Å². The van der Waals surface area contributed by atoms with Gasteiger partial charge in [-0.2, -0.15) is 5.10 Å². The highest BCUT2D eigenvalue weighted by atomic mass is 79.9. The molecule has 0 unspecified atom stereocenters. The molecule has 0 fully saturated rings. The fourth-order valence-electron chi connectivity index (χ4n) is 1.39. The minimum absolute atomic E-state index is 0.525. The van der Waals surface area contributed by atoms with Crippen molar-refractivity contribution in [2.45, 2.75) is 13.8 Å². The molecule has 2 aromatic heterocycles. The lowest BCUT2D eigenvalue weighted by atomic mass is 10.4. The van der Waals surface area contributed by atoms with Crippen LogP contribution < -0.4 is 0 Å². The summed E-state index contributed by atoms with van der Waals surface area (Å²) in [5.74, 6) is 0.581. The van der Waals surface area contributed by atoms with Crippen molar-refractivity contribution < 1.29 is 0 Å². The lowest BCUT2D eigenvalue weighted by Crippen LogP contribution is -2.02. The van der Waals surface area contributed by atoms with Crippen molar-refractivity contribution >= 4 is 39.1 Å². The summed E-state index contributed by atoms with van der Waals surface area (Å²) in [7, 11) is 0. The molecule has 0 spiro atoms. The third-order valence-corrected chi connectivity index (χ3v) is 3.45. The molecule has 2 aromatic rings. The average molecular weight is 321 g/mol. The first-order valence-corrected chi connectivity index (χ1v) is 6.08. The van der Waals surface area contributed by atoms with Gasteiger partial charge in [-0.3, -0.25) is 0 Å². The smallest absolute Gasteiger partial charge is 0.172 e. The molecule has 0 saturated heterocycles. The Labute approximate surface area is 112 Å². The minimum Gasteiger partial charge on any atom is -0.235 e. The zero-order valence-corrected chi connectivity index (χ0v) is 11.7. The molecule has 84 valence electrons. The van der Waals surface area contributed by atoms with Gasteiger partial charge in [0.05, 0.1) is 21.4 Å². The Balaban J connectivity index is 2.63. The summed E-state index contributed by atoms with van der Waals surface area (Å²) in [5, 5.41) is 5.46. The van der Waals surface area contributed by atoms with E-state index in [4.69, 9.17) is 23.2 Å². The molecule has 0 aliphatic carbocycles. The molecule has 2 heterocycles. The van der Waals surface area contributed by atoms with Crippen LogP contribution in [0.1, 0.15) is 11.4 Å². The first-order valence-electron chi connectivity index (χ1n) is 4.54. The predicted molar refractivity (Wildman–Crippen MR) is 68.6 cm³/mol. The maximum Gasteiger partial charge on any atom is 0.172 e. The molecular weight excluding hydrogens is 313 g/mol. The number of pyridine rings is 1. The summed E-state index contributed by atoms with van der Waals surface area (Å²) >= 11 is 15.5. The van der Waals surface area contributed by atoms with E-state index in [0.29, 0.717) is 15.9 Å². The second kappa shape index (κ2) is 4.35. The van der Waals surface area contributed by atoms with Crippen molar-refractivity contribution in [3.8, 4) is 5.82 Å². The van der Waals surface area contributed by atoms with E-state index in [2.05, 4.69) is 26.0 Å². The van der Waals surface area contributed by atoms with Crippen LogP contribution in [-0.4, -0.2) is 14.8 Å².